The molecule has 230 valence electrons. The fourth-order valence-corrected chi connectivity index (χ4v) is 12.0. The maximum atomic E-state index is 13.6. The van der Waals surface area contributed by atoms with Gasteiger partial charge in [-0.3, -0.25) is 9.69 Å². The normalized spacial score (nSPS) is 48.1. The quantitative estimate of drug-likeness (QED) is 0.463. The Morgan fingerprint density at radius 3 is 2.48 bits per heavy atom. The minimum atomic E-state index is -0.976. The molecule has 1 saturated heterocycles. The molecular weight excluding hydrogens is 538 g/mol. The first-order chi connectivity index (χ1) is 20.2. The largest absolute Gasteiger partial charge is 0.458 e. The van der Waals surface area contributed by atoms with Crippen LogP contribution >= 0.6 is 0 Å². The number of benzene rings is 1. The summed E-state index contributed by atoms with van der Waals surface area (Å²) in [6.45, 7) is 5.90. The standard InChI is InChI=1S/C33H45NO8/c1-6-34-16-31(17-38-3)13-12-23(36)33-21-14-20-22(39-4)15-32(42-18(2)35,25(29(33)34)27(40-5)28(31)33)24(21)26(20)41-30(37)19-10-8-7-9-11-19/h7-11,20-29,36H,6,12-17H2,1-5H3. The van der Waals surface area contributed by atoms with Crippen LogP contribution in [0.2, 0.25) is 0 Å². The Hall–Kier alpha value is -2.04. The maximum absolute atomic E-state index is 13.6. The van der Waals surface area contributed by atoms with Gasteiger partial charge >= 0.3 is 11.9 Å². The van der Waals surface area contributed by atoms with Gasteiger partial charge in [0.25, 0.3) is 0 Å². The molecule has 13 atom stereocenters. The number of fused-ring (bicyclic) bond motifs is 2. The predicted molar refractivity (Wildman–Crippen MR) is 151 cm³/mol. The third-order valence-corrected chi connectivity index (χ3v) is 12.6. The number of nitrogens with zero attached hydrogens (tertiary/aromatic N) is 1. The first-order valence-corrected chi connectivity index (χ1v) is 15.7. The first-order valence-electron chi connectivity index (χ1n) is 15.7. The average molecular weight is 584 g/mol. The molecule has 7 bridgehead atoms. The second kappa shape index (κ2) is 9.99. The number of piperidine rings is 1. The van der Waals surface area contributed by atoms with E-state index in [0.29, 0.717) is 25.0 Å². The molecule has 1 aliphatic heterocycles. The van der Waals surface area contributed by atoms with Crippen LogP contribution in [0.5, 0.6) is 0 Å². The van der Waals surface area contributed by atoms with Crippen LogP contribution in [0.3, 0.4) is 0 Å². The fourth-order valence-electron chi connectivity index (χ4n) is 12.0. The van der Waals surface area contributed by atoms with Crippen LogP contribution in [0, 0.1) is 40.4 Å². The summed E-state index contributed by atoms with van der Waals surface area (Å²) >= 11 is 0. The molecular formula is C33H45NO8. The van der Waals surface area contributed by atoms with Gasteiger partial charge in [-0.15, -0.1) is 0 Å². The van der Waals surface area contributed by atoms with Crippen molar-refractivity contribution in [1.82, 2.24) is 4.90 Å². The maximum Gasteiger partial charge on any atom is 0.338 e. The number of hydrogen-bond acceptors (Lipinski definition) is 9. The van der Waals surface area contributed by atoms with E-state index in [-0.39, 0.29) is 65.2 Å². The second-order valence-corrected chi connectivity index (χ2v) is 13.9. The minimum Gasteiger partial charge on any atom is -0.458 e. The summed E-state index contributed by atoms with van der Waals surface area (Å²) in [7, 11) is 5.23. The molecule has 5 aliphatic carbocycles. The van der Waals surface area contributed by atoms with E-state index in [1.807, 2.05) is 18.2 Å². The molecule has 42 heavy (non-hydrogen) atoms. The predicted octanol–water partition coefficient (Wildman–Crippen LogP) is 2.94. The number of hydrogen-bond donors (Lipinski definition) is 1. The van der Waals surface area contributed by atoms with Gasteiger partial charge < -0.3 is 28.8 Å². The van der Waals surface area contributed by atoms with Crippen molar-refractivity contribution >= 4 is 11.9 Å². The molecule has 0 amide bonds. The lowest BCUT2D eigenvalue weighted by Crippen LogP contribution is -2.76. The molecule has 9 nitrogen and oxygen atoms in total. The van der Waals surface area contributed by atoms with Crippen molar-refractivity contribution in [2.45, 2.75) is 75.6 Å². The lowest BCUT2D eigenvalue weighted by molar-refractivity contribution is -0.276. The summed E-state index contributed by atoms with van der Waals surface area (Å²) < 4.78 is 31.8. The van der Waals surface area contributed by atoms with Crippen molar-refractivity contribution in [3.8, 4) is 0 Å². The number of carbonyl (C=O) groups is 2. The van der Waals surface area contributed by atoms with Gasteiger partial charge in [0.15, 0.2) is 0 Å². The lowest BCUT2D eigenvalue weighted by atomic mass is 9.43. The van der Waals surface area contributed by atoms with Gasteiger partial charge in [-0.05, 0) is 43.9 Å². The Bertz CT molecular complexity index is 1230. The Labute approximate surface area is 248 Å². The van der Waals surface area contributed by atoms with Crippen molar-refractivity contribution in [1.29, 1.82) is 0 Å². The smallest absolute Gasteiger partial charge is 0.338 e. The summed E-state index contributed by atoms with van der Waals surface area (Å²) in [6, 6.07) is 9.02. The lowest BCUT2D eigenvalue weighted by Gasteiger charge is -2.69. The number of ether oxygens (including phenoxy) is 5. The molecule has 1 aromatic rings. The number of esters is 2. The Morgan fingerprint density at radius 1 is 1.07 bits per heavy atom. The van der Waals surface area contributed by atoms with Gasteiger partial charge in [0.1, 0.15) is 11.7 Å². The summed E-state index contributed by atoms with van der Waals surface area (Å²) in [5.41, 5.74) is -1.21. The number of rotatable bonds is 8. The number of likely N-dealkylation sites (tertiary alicyclic amines) is 1. The van der Waals surface area contributed by atoms with Crippen molar-refractivity contribution in [3.63, 3.8) is 0 Å². The molecule has 9 heteroatoms. The first kappa shape index (κ1) is 28.7. The minimum absolute atomic E-state index is 0.0183. The molecule has 0 aromatic heterocycles. The molecule has 6 fully saturated rings. The Kier molecular flexibility index (Phi) is 6.83. The third kappa shape index (κ3) is 3.43. The van der Waals surface area contributed by atoms with Crippen LogP contribution < -0.4 is 0 Å². The van der Waals surface area contributed by atoms with E-state index >= 15 is 0 Å². The van der Waals surface area contributed by atoms with Crippen molar-refractivity contribution in [2.24, 2.45) is 40.4 Å². The summed E-state index contributed by atoms with van der Waals surface area (Å²) in [5, 5.41) is 12.3. The highest BCUT2D eigenvalue weighted by Gasteiger charge is 2.87. The van der Waals surface area contributed by atoms with E-state index in [4.69, 9.17) is 23.7 Å². The topological polar surface area (TPSA) is 104 Å². The zero-order valence-corrected chi connectivity index (χ0v) is 25.4. The Morgan fingerprint density at radius 2 is 1.83 bits per heavy atom. The van der Waals surface area contributed by atoms with Gasteiger partial charge in [0, 0.05) is 81.8 Å². The van der Waals surface area contributed by atoms with Gasteiger partial charge in [-0.2, -0.15) is 0 Å². The van der Waals surface area contributed by atoms with E-state index in [1.54, 1.807) is 33.5 Å². The molecule has 0 radical (unpaired) electrons. The van der Waals surface area contributed by atoms with Gasteiger partial charge in [0.2, 0.25) is 0 Å². The van der Waals surface area contributed by atoms with E-state index in [0.717, 1.165) is 25.9 Å². The van der Waals surface area contributed by atoms with E-state index in [1.165, 1.54) is 6.92 Å². The SMILES string of the molecule is CCN1CC2(COC)CCC(O)C34C5CC6C(OC)CC(OC(C)=O)(C5C6OC(=O)c5ccccc5)C(C(OC)C23)C14. The van der Waals surface area contributed by atoms with Crippen molar-refractivity contribution in [3.05, 3.63) is 35.9 Å². The molecule has 5 saturated carbocycles. The number of aliphatic hydroxyl groups is 1. The monoisotopic (exact) mass is 583 g/mol. The molecule has 1 N–H and O–H groups in total. The number of aliphatic hydroxyl groups excluding tert-OH is 1. The van der Waals surface area contributed by atoms with Crippen LogP contribution in [0.15, 0.2) is 30.3 Å². The molecule has 1 spiro atoms. The third-order valence-electron chi connectivity index (χ3n) is 12.6. The van der Waals surface area contributed by atoms with Crippen LogP contribution in [-0.2, 0) is 28.5 Å². The van der Waals surface area contributed by atoms with Crippen LogP contribution in [-0.4, -0.2) is 99.0 Å². The average Bonchev–Trinajstić information content (AvgIpc) is 3.41. The fraction of sp³-hybridized carbons (Fsp3) is 0.758. The van der Waals surface area contributed by atoms with Crippen molar-refractivity contribution < 1.29 is 38.4 Å². The highest BCUT2D eigenvalue weighted by Crippen LogP contribution is 2.80. The molecule has 7 rings (SSSR count). The zero-order chi connectivity index (χ0) is 29.6. The van der Waals surface area contributed by atoms with E-state index in [2.05, 4.69) is 11.8 Å². The Balaban J connectivity index is 1.45. The van der Waals surface area contributed by atoms with Crippen LogP contribution in [0.1, 0.15) is 49.9 Å². The zero-order valence-electron chi connectivity index (χ0n) is 25.4. The second-order valence-electron chi connectivity index (χ2n) is 13.9. The van der Waals surface area contributed by atoms with Crippen molar-refractivity contribution in [2.75, 3.05) is 41.0 Å². The summed E-state index contributed by atoms with van der Waals surface area (Å²) in [5.74, 6) is -1.34. The van der Waals surface area contributed by atoms with E-state index < -0.39 is 23.2 Å². The highest BCUT2D eigenvalue weighted by atomic mass is 16.6. The summed E-state index contributed by atoms with van der Waals surface area (Å²) in [4.78, 5) is 29.2. The molecule has 1 heterocycles. The van der Waals surface area contributed by atoms with E-state index in [9.17, 15) is 14.7 Å². The molecule has 13 unspecified atom stereocenters. The number of carbonyl (C=O) groups excluding carboxylic acids is 2. The molecule has 1 aromatic carbocycles. The van der Waals surface area contributed by atoms with Crippen LogP contribution in [0.25, 0.3) is 0 Å². The summed E-state index contributed by atoms with van der Waals surface area (Å²) in [6.07, 6.45) is 1.17. The highest BCUT2D eigenvalue weighted by molar-refractivity contribution is 5.89. The van der Waals surface area contributed by atoms with Gasteiger partial charge in [0.05, 0.1) is 30.5 Å². The number of methoxy groups -OCH3 is 3. The molecule has 6 aliphatic rings. The van der Waals surface area contributed by atoms with Crippen LogP contribution in [0.4, 0.5) is 0 Å². The van der Waals surface area contributed by atoms with Gasteiger partial charge in [-0.25, -0.2) is 4.79 Å². The van der Waals surface area contributed by atoms with Gasteiger partial charge in [-0.1, -0.05) is 25.1 Å².